The van der Waals surface area contributed by atoms with Gasteiger partial charge < -0.3 is 20.1 Å². The topological polar surface area (TPSA) is 59.6 Å². The van der Waals surface area contributed by atoms with Crippen molar-refractivity contribution in [2.45, 2.75) is 45.4 Å². The Morgan fingerprint density at radius 3 is 2.65 bits per heavy atom. The molecule has 2 atom stereocenters. The highest BCUT2D eigenvalue weighted by Crippen LogP contribution is 2.33. The van der Waals surface area contributed by atoms with Gasteiger partial charge in [0.2, 0.25) is 5.91 Å². The molecule has 1 aromatic carbocycles. The van der Waals surface area contributed by atoms with Gasteiger partial charge in [-0.2, -0.15) is 0 Å². The molecular formula is C21H34N2O3. The molecule has 5 heteroatoms. The molecule has 1 amide bonds. The molecule has 2 rings (SSSR count). The molecule has 2 N–H and O–H groups in total. The maximum atomic E-state index is 12.4. The van der Waals surface area contributed by atoms with Gasteiger partial charge in [-0.1, -0.05) is 26.8 Å². The predicted octanol–water partition coefficient (Wildman–Crippen LogP) is 3.12. The first-order valence-corrected chi connectivity index (χ1v) is 9.57. The lowest BCUT2D eigenvalue weighted by atomic mass is 9.83. The normalized spacial score (nSPS) is 18.9. The van der Waals surface area contributed by atoms with Gasteiger partial charge in [-0.25, -0.2) is 0 Å². The van der Waals surface area contributed by atoms with E-state index in [1.54, 1.807) is 14.2 Å². The van der Waals surface area contributed by atoms with E-state index in [1.807, 2.05) is 18.2 Å². The SMILES string of the molecule is COc1ccc(C(C)(C)CNC(=O)CC(C)C2CCCNC2)cc1OC. The number of hydrogen-bond acceptors (Lipinski definition) is 4. The number of ether oxygens (including phenoxy) is 2. The van der Waals surface area contributed by atoms with Crippen LogP contribution in [0.15, 0.2) is 18.2 Å². The summed E-state index contributed by atoms with van der Waals surface area (Å²) in [5.41, 5.74) is 0.921. The molecule has 5 nitrogen and oxygen atoms in total. The van der Waals surface area contributed by atoms with Crippen LogP contribution in [0.2, 0.25) is 0 Å². The summed E-state index contributed by atoms with van der Waals surface area (Å²) < 4.78 is 10.7. The van der Waals surface area contributed by atoms with Gasteiger partial charge in [-0.15, -0.1) is 0 Å². The van der Waals surface area contributed by atoms with Gasteiger partial charge in [0.25, 0.3) is 0 Å². The number of carbonyl (C=O) groups excluding carboxylic acids is 1. The third-order valence-electron chi connectivity index (χ3n) is 5.54. The summed E-state index contributed by atoms with van der Waals surface area (Å²) in [6, 6.07) is 5.93. The summed E-state index contributed by atoms with van der Waals surface area (Å²) >= 11 is 0. The van der Waals surface area contributed by atoms with Crippen LogP contribution in [-0.4, -0.2) is 39.8 Å². The van der Waals surface area contributed by atoms with Crippen molar-refractivity contribution in [3.8, 4) is 11.5 Å². The van der Waals surface area contributed by atoms with E-state index >= 15 is 0 Å². The van der Waals surface area contributed by atoms with Gasteiger partial charge in [0.1, 0.15) is 0 Å². The summed E-state index contributed by atoms with van der Waals surface area (Å²) in [6.07, 6.45) is 3.02. The van der Waals surface area contributed by atoms with Crippen LogP contribution in [0.25, 0.3) is 0 Å². The second-order valence-electron chi connectivity index (χ2n) is 8.02. The Kier molecular flexibility index (Phi) is 7.33. The first-order valence-electron chi connectivity index (χ1n) is 9.57. The predicted molar refractivity (Wildman–Crippen MR) is 105 cm³/mol. The van der Waals surface area contributed by atoms with Gasteiger partial charge in [-0.05, 0) is 55.5 Å². The van der Waals surface area contributed by atoms with Crippen molar-refractivity contribution in [2.75, 3.05) is 33.9 Å². The summed E-state index contributed by atoms with van der Waals surface area (Å²) in [4.78, 5) is 12.4. The number of carbonyl (C=O) groups is 1. The lowest BCUT2D eigenvalue weighted by molar-refractivity contribution is -0.122. The highest BCUT2D eigenvalue weighted by Gasteiger charge is 2.25. The molecule has 0 saturated carbocycles. The largest absolute Gasteiger partial charge is 0.493 e. The molecule has 1 heterocycles. The van der Waals surface area contributed by atoms with Crippen molar-refractivity contribution in [2.24, 2.45) is 11.8 Å². The Balaban J connectivity index is 1.91. The van der Waals surface area contributed by atoms with Crippen molar-refractivity contribution in [1.82, 2.24) is 10.6 Å². The molecular weight excluding hydrogens is 328 g/mol. The van der Waals surface area contributed by atoms with Gasteiger partial charge in [-0.3, -0.25) is 4.79 Å². The Labute approximate surface area is 157 Å². The van der Waals surface area contributed by atoms with E-state index in [-0.39, 0.29) is 11.3 Å². The lowest BCUT2D eigenvalue weighted by Gasteiger charge is -2.29. The minimum Gasteiger partial charge on any atom is -0.493 e. The molecule has 0 bridgehead atoms. The van der Waals surface area contributed by atoms with Crippen molar-refractivity contribution >= 4 is 5.91 Å². The quantitative estimate of drug-likeness (QED) is 0.746. The summed E-state index contributed by atoms with van der Waals surface area (Å²) in [5, 5.41) is 6.56. The summed E-state index contributed by atoms with van der Waals surface area (Å²) in [5.74, 6) is 2.57. The monoisotopic (exact) mass is 362 g/mol. The number of benzene rings is 1. The maximum absolute atomic E-state index is 12.4. The second kappa shape index (κ2) is 9.26. The van der Waals surface area contributed by atoms with Crippen molar-refractivity contribution in [3.05, 3.63) is 23.8 Å². The van der Waals surface area contributed by atoms with Crippen LogP contribution in [0, 0.1) is 11.8 Å². The van der Waals surface area contributed by atoms with E-state index in [0.717, 1.165) is 18.7 Å². The zero-order valence-corrected chi connectivity index (χ0v) is 16.9. The Morgan fingerprint density at radius 1 is 1.31 bits per heavy atom. The molecule has 0 aromatic heterocycles. The van der Waals surface area contributed by atoms with E-state index in [2.05, 4.69) is 31.4 Å². The highest BCUT2D eigenvalue weighted by molar-refractivity contribution is 5.76. The lowest BCUT2D eigenvalue weighted by Crippen LogP contribution is -2.39. The van der Waals surface area contributed by atoms with Gasteiger partial charge in [0.05, 0.1) is 14.2 Å². The summed E-state index contributed by atoms with van der Waals surface area (Å²) in [7, 11) is 3.27. The molecule has 2 unspecified atom stereocenters. The minimum atomic E-state index is -0.190. The Bertz CT molecular complexity index is 595. The molecule has 0 aliphatic carbocycles. The summed E-state index contributed by atoms with van der Waals surface area (Å²) in [6.45, 7) is 9.18. The van der Waals surface area contributed by atoms with E-state index in [9.17, 15) is 4.79 Å². The van der Waals surface area contributed by atoms with Crippen LogP contribution in [0.3, 0.4) is 0 Å². The molecule has 0 spiro atoms. The molecule has 1 aromatic rings. The van der Waals surface area contributed by atoms with Crippen molar-refractivity contribution in [1.29, 1.82) is 0 Å². The number of amides is 1. The maximum Gasteiger partial charge on any atom is 0.220 e. The molecule has 1 aliphatic rings. The third-order valence-corrected chi connectivity index (χ3v) is 5.54. The van der Waals surface area contributed by atoms with Gasteiger partial charge in [0, 0.05) is 18.4 Å². The third kappa shape index (κ3) is 5.37. The van der Waals surface area contributed by atoms with E-state index < -0.39 is 0 Å². The first-order chi connectivity index (χ1) is 12.4. The number of hydrogen-bond donors (Lipinski definition) is 2. The zero-order valence-electron chi connectivity index (χ0n) is 16.9. The first kappa shape index (κ1) is 20.6. The Hall–Kier alpha value is -1.75. The van der Waals surface area contributed by atoms with Crippen LogP contribution in [0.1, 0.15) is 45.6 Å². The smallest absolute Gasteiger partial charge is 0.220 e. The number of methoxy groups -OCH3 is 2. The van der Waals surface area contributed by atoms with Crippen molar-refractivity contribution < 1.29 is 14.3 Å². The van der Waals surface area contributed by atoms with Crippen LogP contribution >= 0.6 is 0 Å². The molecule has 1 aliphatic heterocycles. The van der Waals surface area contributed by atoms with Crippen LogP contribution in [-0.2, 0) is 10.2 Å². The molecule has 26 heavy (non-hydrogen) atoms. The molecule has 1 saturated heterocycles. The standard InChI is InChI=1S/C21H34N2O3/c1-15(16-7-6-10-22-13-16)11-20(24)23-14-21(2,3)17-8-9-18(25-4)19(12-17)26-5/h8-9,12,15-16,22H,6-7,10-11,13-14H2,1-5H3,(H,23,24). The highest BCUT2D eigenvalue weighted by atomic mass is 16.5. The van der Waals surface area contributed by atoms with E-state index in [1.165, 1.54) is 12.8 Å². The number of rotatable bonds is 8. The van der Waals surface area contributed by atoms with Gasteiger partial charge in [0.15, 0.2) is 11.5 Å². The van der Waals surface area contributed by atoms with Gasteiger partial charge >= 0.3 is 0 Å². The Morgan fingerprint density at radius 2 is 2.04 bits per heavy atom. The average Bonchev–Trinajstić information content (AvgIpc) is 2.66. The molecule has 1 fully saturated rings. The number of nitrogens with one attached hydrogen (secondary N) is 2. The molecule has 0 radical (unpaired) electrons. The minimum absolute atomic E-state index is 0.136. The van der Waals surface area contributed by atoms with E-state index in [4.69, 9.17) is 9.47 Å². The zero-order chi connectivity index (χ0) is 19.2. The fraction of sp³-hybridized carbons (Fsp3) is 0.667. The van der Waals surface area contributed by atoms with Crippen LogP contribution in [0.5, 0.6) is 11.5 Å². The average molecular weight is 363 g/mol. The van der Waals surface area contributed by atoms with Crippen LogP contribution in [0.4, 0.5) is 0 Å². The fourth-order valence-electron chi connectivity index (χ4n) is 3.57. The van der Waals surface area contributed by atoms with Crippen LogP contribution < -0.4 is 20.1 Å². The number of piperidine rings is 1. The fourth-order valence-corrected chi connectivity index (χ4v) is 3.57. The van der Waals surface area contributed by atoms with Crippen molar-refractivity contribution in [3.63, 3.8) is 0 Å². The molecule has 146 valence electrons. The van der Waals surface area contributed by atoms with E-state index in [0.29, 0.717) is 36.3 Å². The second-order valence-corrected chi connectivity index (χ2v) is 8.02.